The molecule has 0 aromatic heterocycles. The van der Waals surface area contributed by atoms with E-state index < -0.39 is 29.5 Å². The lowest BCUT2D eigenvalue weighted by Gasteiger charge is -2.33. The van der Waals surface area contributed by atoms with Gasteiger partial charge in [-0.2, -0.15) is 0 Å². The first-order chi connectivity index (χ1) is 15.6. The zero-order valence-corrected chi connectivity index (χ0v) is 17.4. The number of hydrogen-bond acceptors (Lipinski definition) is 10. The van der Waals surface area contributed by atoms with E-state index in [1.54, 1.807) is 6.92 Å². The number of ether oxygens (including phenoxy) is 1. The van der Waals surface area contributed by atoms with Gasteiger partial charge in [0.2, 0.25) is 0 Å². The summed E-state index contributed by atoms with van der Waals surface area (Å²) in [6, 6.07) is 7.63. The number of fused-ring (bicyclic) bond motifs is 1. The molecule has 1 heterocycles. The van der Waals surface area contributed by atoms with Gasteiger partial charge in [0.05, 0.1) is 0 Å². The third-order valence-electron chi connectivity index (χ3n) is 5.42. The molecule has 33 heavy (non-hydrogen) atoms. The molecule has 10 heteroatoms. The van der Waals surface area contributed by atoms with Crippen molar-refractivity contribution in [2.75, 3.05) is 0 Å². The van der Waals surface area contributed by atoms with Crippen LogP contribution in [0, 0.1) is 6.92 Å². The maximum absolute atomic E-state index is 10.2. The molecule has 0 amide bonds. The van der Waals surface area contributed by atoms with Gasteiger partial charge in [0, 0.05) is 35.2 Å². The van der Waals surface area contributed by atoms with Gasteiger partial charge in [0.1, 0.15) is 41.5 Å². The van der Waals surface area contributed by atoms with Crippen LogP contribution in [0.5, 0.6) is 46.0 Å². The molecule has 4 rings (SSSR count). The van der Waals surface area contributed by atoms with Gasteiger partial charge < -0.3 is 40.5 Å². The van der Waals surface area contributed by atoms with Crippen LogP contribution in [0.1, 0.15) is 28.4 Å². The van der Waals surface area contributed by atoms with Crippen molar-refractivity contribution in [3.8, 4) is 46.0 Å². The molecule has 0 bridgehead atoms. The number of phenols is 7. The summed E-state index contributed by atoms with van der Waals surface area (Å²) in [6.07, 6.45) is -1.81. The third kappa shape index (κ3) is 4.34. The Morgan fingerprint density at radius 2 is 1.45 bits per heavy atom. The van der Waals surface area contributed by atoms with Crippen molar-refractivity contribution in [1.29, 1.82) is 0 Å². The maximum atomic E-state index is 10.2. The molecule has 1 unspecified atom stereocenters. The van der Waals surface area contributed by atoms with Crippen LogP contribution in [0.15, 0.2) is 36.4 Å². The number of benzene rings is 3. The molecule has 0 saturated heterocycles. The largest absolute Gasteiger partial charge is 0.508 e. The Balaban J connectivity index is 1.61. The van der Waals surface area contributed by atoms with Gasteiger partial charge in [0.15, 0.2) is 23.4 Å². The van der Waals surface area contributed by atoms with Crippen LogP contribution in [0.2, 0.25) is 0 Å². The molecule has 0 radical (unpaired) electrons. The highest BCUT2D eigenvalue weighted by atomic mass is 17.2. The molecule has 0 fully saturated rings. The summed E-state index contributed by atoms with van der Waals surface area (Å²) in [5, 5.41) is 69.2. The molecule has 3 aromatic rings. The highest BCUT2D eigenvalue weighted by Crippen LogP contribution is 2.45. The van der Waals surface area contributed by atoms with Gasteiger partial charge in [-0.25, -0.2) is 9.78 Å². The Labute approximate surface area is 187 Å². The molecule has 10 nitrogen and oxygen atoms in total. The second kappa shape index (κ2) is 8.49. The van der Waals surface area contributed by atoms with Gasteiger partial charge in [-0.15, -0.1) is 0 Å². The summed E-state index contributed by atoms with van der Waals surface area (Å²) in [6.45, 7) is 1.41. The Morgan fingerprint density at radius 3 is 2.09 bits per heavy atom. The lowest BCUT2D eigenvalue weighted by atomic mass is 9.93. The van der Waals surface area contributed by atoms with Gasteiger partial charge >= 0.3 is 0 Å². The molecule has 0 saturated carbocycles. The molecular weight excluding hydrogens is 436 g/mol. The Morgan fingerprint density at radius 1 is 0.818 bits per heavy atom. The lowest BCUT2D eigenvalue weighted by molar-refractivity contribution is -0.347. The Hall–Kier alpha value is -4.02. The minimum absolute atomic E-state index is 0.0684. The minimum atomic E-state index is -0.976. The van der Waals surface area contributed by atoms with Crippen LogP contribution in [0.25, 0.3) is 0 Å². The summed E-state index contributed by atoms with van der Waals surface area (Å²) >= 11 is 0. The quantitative estimate of drug-likeness (QED) is 0.171. The van der Waals surface area contributed by atoms with Crippen molar-refractivity contribution in [1.82, 2.24) is 0 Å². The van der Waals surface area contributed by atoms with Gasteiger partial charge in [-0.05, 0) is 36.8 Å². The predicted molar refractivity (Wildman–Crippen MR) is 112 cm³/mol. The molecule has 3 aromatic carbocycles. The van der Waals surface area contributed by atoms with Crippen LogP contribution in [0.4, 0.5) is 0 Å². The van der Waals surface area contributed by atoms with Crippen LogP contribution in [-0.4, -0.2) is 41.8 Å². The smallest absolute Gasteiger partial charge is 0.200 e. The van der Waals surface area contributed by atoms with Crippen LogP contribution < -0.4 is 4.74 Å². The zero-order valence-electron chi connectivity index (χ0n) is 17.4. The van der Waals surface area contributed by atoms with Crippen LogP contribution >= 0.6 is 0 Å². The number of rotatable bonds is 5. The first-order valence-electron chi connectivity index (χ1n) is 9.90. The molecule has 0 spiro atoms. The van der Waals surface area contributed by atoms with Crippen LogP contribution in [-0.2, 0) is 22.8 Å². The van der Waals surface area contributed by atoms with E-state index in [1.807, 2.05) is 0 Å². The summed E-state index contributed by atoms with van der Waals surface area (Å²) in [4.78, 5) is 10.8. The SMILES string of the molecule is Cc1c(O)cc(COO[C@@H]2Cc3c(O)cc(O)cc3OC2c2cc(O)c(O)c(O)c2)cc1O. The van der Waals surface area contributed by atoms with Crippen molar-refractivity contribution >= 4 is 0 Å². The Kier molecular flexibility index (Phi) is 5.71. The summed E-state index contributed by atoms with van der Waals surface area (Å²) < 4.78 is 5.89. The molecule has 7 N–H and O–H groups in total. The normalized spacial score (nSPS) is 17.4. The number of phenolic OH excluding ortho intramolecular Hbond substituents is 7. The first-order valence-corrected chi connectivity index (χ1v) is 9.90. The Bertz CT molecular complexity index is 1160. The van der Waals surface area contributed by atoms with Crippen molar-refractivity contribution < 1.29 is 50.3 Å². The van der Waals surface area contributed by atoms with E-state index in [9.17, 15) is 35.7 Å². The second-order valence-corrected chi connectivity index (χ2v) is 7.75. The second-order valence-electron chi connectivity index (χ2n) is 7.75. The van der Waals surface area contributed by atoms with E-state index in [-0.39, 0.29) is 47.3 Å². The minimum Gasteiger partial charge on any atom is -0.508 e. The van der Waals surface area contributed by atoms with E-state index in [0.717, 1.165) is 6.07 Å². The van der Waals surface area contributed by atoms with Gasteiger partial charge in [0.25, 0.3) is 0 Å². The summed E-state index contributed by atoms with van der Waals surface area (Å²) in [5.41, 5.74) is 1.32. The van der Waals surface area contributed by atoms with E-state index in [4.69, 9.17) is 14.5 Å². The van der Waals surface area contributed by atoms with Gasteiger partial charge in [-0.1, -0.05) is 0 Å². The van der Waals surface area contributed by atoms with Crippen molar-refractivity contribution in [3.63, 3.8) is 0 Å². The third-order valence-corrected chi connectivity index (χ3v) is 5.42. The topological polar surface area (TPSA) is 169 Å². The highest BCUT2D eigenvalue weighted by molar-refractivity contribution is 5.54. The van der Waals surface area contributed by atoms with E-state index in [0.29, 0.717) is 16.7 Å². The molecule has 1 aliphatic heterocycles. The monoisotopic (exact) mass is 458 g/mol. The number of hydrogen-bond donors (Lipinski definition) is 7. The fourth-order valence-electron chi connectivity index (χ4n) is 3.62. The fraction of sp³-hybridized carbons (Fsp3) is 0.217. The van der Waals surface area contributed by atoms with Crippen LogP contribution in [0.3, 0.4) is 0 Å². The molecule has 2 atom stereocenters. The summed E-state index contributed by atoms with van der Waals surface area (Å²) in [5.74, 6) is -2.36. The van der Waals surface area contributed by atoms with Crippen molar-refractivity contribution in [2.45, 2.75) is 32.2 Å². The van der Waals surface area contributed by atoms with Crippen molar-refractivity contribution in [2.24, 2.45) is 0 Å². The molecule has 0 aliphatic carbocycles. The number of aromatic hydroxyl groups is 7. The first kappa shape index (κ1) is 22.2. The molecule has 1 aliphatic rings. The van der Waals surface area contributed by atoms with Gasteiger partial charge in [-0.3, -0.25) is 0 Å². The van der Waals surface area contributed by atoms with Crippen molar-refractivity contribution in [3.05, 3.63) is 58.7 Å². The molecule has 174 valence electrons. The standard InChI is InChI=1S/C23H22O10/c1-10-15(25)2-11(3-16(10)26)9-31-33-21-8-14-17(27)6-13(24)7-20(14)32-23(21)12-4-18(28)22(30)19(29)5-12/h2-7,21,23-30H,8-9H2,1H3/t21-,23?/m1/s1. The average Bonchev–Trinajstić information content (AvgIpc) is 2.75. The fourth-order valence-corrected chi connectivity index (χ4v) is 3.62. The summed E-state index contributed by atoms with van der Waals surface area (Å²) in [7, 11) is 0. The zero-order chi connectivity index (χ0) is 23.9. The predicted octanol–water partition coefficient (Wildman–Crippen LogP) is 3.13. The van der Waals surface area contributed by atoms with E-state index in [2.05, 4.69) is 0 Å². The van der Waals surface area contributed by atoms with E-state index >= 15 is 0 Å². The lowest BCUT2D eigenvalue weighted by Crippen LogP contribution is -2.33. The maximum Gasteiger partial charge on any atom is 0.200 e. The average molecular weight is 458 g/mol. The molecular formula is C23H22O10. The van der Waals surface area contributed by atoms with E-state index in [1.165, 1.54) is 30.3 Å². The highest BCUT2D eigenvalue weighted by Gasteiger charge is 2.36.